The Kier molecular flexibility index (Phi) is 2.87. The lowest BCUT2D eigenvalue weighted by Crippen LogP contribution is -1.99. The van der Waals surface area contributed by atoms with E-state index in [9.17, 15) is 0 Å². The second-order valence-corrected chi connectivity index (χ2v) is 2.44. The van der Waals surface area contributed by atoms with E-state index < -0.39 is 0 Å². The van der Waals surface area contributed by atoms with Crippen molar-refractivity contribution < 1.29 is 5.11 Å². The van der Waals surface area contributed by atoms with E-state index in [-0.39, 0.29) is 12.5 Å². The molecule has 0 aliphatic carbocycles. The van der Waals surface area contributed by atoms with E-state index in [1.54, 1.807) is 6.08 Å². The Morgan fingerprint density at radius 2 is 2.00 bits per heavy atom. The number of benzene rings is 1. The van der Waals surface area contributed by atoms with E-state index in [0.29, 0.717) is 0 Å². The molecule has 58 valence electrons. The minimum atomic E-state index is 0.0798. The molecule has 0 saturated carbocycles. The third-order valence-electron chi connectivity index (χ3n) is 1.71. The highest BCUT2D eigenvalue weighted by Crippen LogP contribution is 2.14. The van der Waals surface area contributed by atoms with E-state index in [0.717, 1.165) is 5.56 Å². The van der Waals surface area contributed by atoms with Gasteiger partial charge in [0.15, 0.2) is 0 Å². The summed E-state index contributed by atoms with van der Waals surface area (Å²) in [4.78, 5) is 0. The average molecular weight is 148 g/mol. The van der Waals surface area contributed by atoms with Crippen molar-refractivity contribution in [2.24, 2.45) is 0 Å². The zero-order valence-electron chi connectivity index (χ0n) is 6.40. The monoisotopic (exact) mass is 148 g/mol. The van der Waals surface area contributed by atoms with Crippen LogP contribution in [0.25, 0.3) is 0 Å². The molecule has 0 radical (unpaired) electrons. The van der Waals surface area contributed by atoms with Crippen LogP contribution in [0, 0.1) is 0 Å². The summed E-state index contributed by atoms with van der Waals surface area (Å²) in [5.74, 6) is 0.0798. The number of hydrogen-bond acceptors (Lipinski definition) is 1. The summed E-state index contributed by atoms with van der Waals surface area (Å²) in [6.07, 6.45) is 1.76. The van der Waals surface area contributed by atoms with Gasteiger partial charge in [-0.2, -0.15) is 0 Å². The molecule has 0 aromatic heterocycles. The van der Waals surface area contributed by atoms with Crippen molar-refractivity contribution in [1.29, 1.82) is 0 Å². The van der Waals surface area contributed by atoms with Gasteiger partial charge < -0.3 is 5.11 Å². The lowest BCUT2D eigenvalue weighted by atomic mass is 10.0. The number of aliphatic hydroxyl groups excluding tert-OH is 1. The Balaban J connectivity index is 2.82. The van der Waals surface area contributed by atoms with Crippen LogP contribution in [-0.4, -0.2) is 11.7 Å². The SMILES string of the molecule is C=C[C@H](CO)c1ccccc1. The summed E-state index contributed by atoms with van der Waals surface area (Å²) in [5.41, 5.74) is 1.12. The molecule has 1 rings (SSSR count). The van der Waals surface area contributed by atoms with Crippen molar-refractivity contribution >= 4 is 0 Å². The Morgan fingerprint density at radius 1 is 1.36 bits per heavy atom. The molecule has 0 saturated heterocycles. The van der Waals surface area contributed by atoms with E-state index in [1.807, 2.05) is 30.3 Å². The van der Waals surface area contributed by atoms with Crippen LogP contribution < -0.4 is 0 Å². The lowest BCUT2D eigenvalue weighted by molar-refractivity contribution is 0.283. The van der Waals surface area contributed by atoms with E-state index in [4.69, 9.17) is 5.11 Å². The minimum Gasteiger partial charge on any atom is -0.395 e. The van der Waals surface area contributed by atoms with Crippen LogP contribution in [0.2, 0.25) is 0 Å². The van der Waals surface area contributed by atoms with Gasteiger partial charge in [0.25, 0.3) is 0 Å². The van der Waals surface area contributed by atoms with Gasteiger partial charge in [-0.25, -0.2) is 0 Å². The second kappa shape index (κ2) is 3.94. The van der Waals surface area contributed by atoms with Crippen LogP contribution in [0.3, 0.4) is 0 Å². The molecule has 1 aromatic rings. The van der Waals surface area contributed by atoms with Crippen LogP contribution in [0.15, 0.2) is 43.0 Å². The first-order valence-electron chi connectivity index (χ1n) is 3.67. The molecule has 1 aromatic carbocycles. The summed E-state index contributed by atoms with van der Waals surface area (Å²) in [5, 5.41) is 8.91. The summed E-state index contributed by atoms with van der Waals surface area (Å²) >= 11 is 0. The summed E-state index contributed by atoms with van der Waals surface area (Å²) in [6, 6.07) is 9.86. The minimum absolute atomic E-state index is 0.0798. The zero-order valence-corrected chi connectivity index (χ0v) is 6.40. The van der Waals surface area contributed by atoms with Gasteiger partial charge in [0, 0.05) is 5.92 Å². The van der Waals surface area contributed by atoms with Crippen molar-refractivity contribution in [3.8, 4) is 0 Å². The maximum absolute atomic E-state index is 8.91. The zero-order chi connectivity index (χ0) is 8.10. The molecule has 1 nitrogen and oxygen atoms in total. The van der Waals surface area contributed by atoms with Crippen molar-refractivity contribution in [2.45, 2.75) is 5.92 Å². The molecule has 11 heavy (non-hydrogen) atoms. The van der Waals surface area contributed by atoms with Gasteiger partial charge in [0.1, 0.15) is 0 Å². The predicted molar refractivity (Wildman–Crippen MR) is 46.5 cm³/mol. The van der Waals surface area contributed by atoms with Gasteiger partial charge in [0.2, 0.25) is 0 Å². The molecule has 0 spiro atoms. The fourth-order valence-corrected chi connectivity index (χ4v) is 1.02. The highest BCUT2D eigenvalue weighted by atomic mass is 16.3. The Morgan fingerprint density at radius 3 is 2.45 bits per heavy atom. The standard InChI is InChI=1S/C10H12O/c1-2-9(8-11)10-6-4-3-5-7-10/h2-7,9,11H,1,8H2/t9-/m1/s1. The Bertz CT molecular complexity index is 216. The summed E-state index contributed by atoms with van der Waals surface area (Å²) < 4.78 is 0. The normalized spacial score (nSPS) is 12.5. The third kappa shape index (κ3) is 1.92. The largest absolute Gasteiger partial charge is 0.395 e. The molecule has 0 aliphatic heterocycles. The maximum atomic E-state index is 8.91. The first-order valence-corrected chi connectivity index (χ1v) is 3.67. The molecule has 0 unspecified atom stereocenters. The molecule has 1 atom stereocenters. The van der Waals surface area contributed by atoms with Crippen LogP contribution in [0.4, 0.5) is 0 Å². The fourth-order valence-electron chi connectivity index (χ4n) is 1.02. The molecule has 0 bridgehead atoms. The Hall–Kier alpha value is -1.08. The van der Waals surface area contributed by atoms with E-state index in [2.05, 4.69) is 6.58 Å². The molecule has 0 aliphatic rings. The molecule has 0 fully saturated rings. The fraction of sp³-hybridized carbons (Fsp3) is 0.200. The third-order valence-corrected chi connectivity index (χ3v) is 1.71. The van der Waals surface area contributed by atoms with Gasteiger partial charge in [-0.15, -0.1) is 6.58 Å². The van der Waals surface area contributed by atoms with Gasteiger partial charge in [-0.05, 0) is 5.56 Å². The molecule has 1 N–H and O–H groups in total. The van der Waals surface area contributed by atoms with Gasteiger partial charge in [0.05, 0.1) is 6.61 Å². The van der Waals surface area contributed by atoms with E-state index in [1.165, 1.54) is 0 Å². The molecular weight excluding hydrogens is 136 g/mol. The van der Waals surface area contributed by atoms with Gasteiger partial charge in [-0.1, -0.05) is 36.4 Å². The predicted octanol–water partition coefficient (Wildman–Crippen LogP) is 1.95. The average Bonchev–Trinajstić information content (AvgIpc) is 2.09. The van der Waals surface area contributed by atoms with Gasteiger partial charge in [-0.3, -0.25) is 0 Å². The molecule has 1 heteroatoms. The first-order chi connectivity index (χ1) is 5.38. The highest BCUT2D eigenvalue weighted by molar-refractivity contribution is 5.22. The smallest absolute Gasteiger partial charge is 0.0534 e. The molecular formula is C10H12O. The van der Waals surface area contributed by atoms with Crippen LogP contribution in [0.1, 0.15) is 11.5 Å². The lowest BCUT2D eigenvalue weighted by Gasteiger charge is -2.07. The van der Waals surface area contributed by atoms with E-state index >= 15 is 0 Å². The van der Waals surface area contributed by atoms with Crippen LogP contribution >= 0.6 is 0 Å². The molecule has 0 heterocycles. The second-order valence-electron chi connectivity index (χ2n) is 2.44. The molecule has 0 amide bonds. The summed E-state index contributed by atoms with van der Waals surface area (Å²) in [6.45, 7) is 3.78. The van der Waals surface area contributed by atoms with Crippen LogP contribution in [0.5, 0.6) is 0 Å². The van der Waals surface area contributed by atoms with Crippen molar-refractivity contribution in [3.05, 3.63) is 48.6 Å². The quantitative estimate of drug-likeness (QED) is 0.649. The number of hydrogen-bond donors (Lipinski definition) is 1. The first kappa shape index (κ1) is 8.02. The number of rotatable bonds is 3. The van der Waals surface area contributed by atoms with Crippen molar-refractivity contribution in [3.63, 3.8) is 0 Å². The van der Waals surface area contributed by atoms with Crippen molar-refractivity contribution in [2.75, 3.05) is 6.61 Å². The number of aliphatic hydroxyl groups is 1. The van der Waals surface area contributed by atoms with Gasteiger partial charge >= 0.3 is 0 Å². The van der Waals surface area contributed by atoms with Crippen LogP contribution in [-0.2, 0) is 0 Å². The summed E-state index contributed by atoms with van der Waals surface area (Å²) in [7, 11) is 0. The topological polar surface area (TPSA) is 20.2 Å². The maximum Gasteiger partial charge on any atom is 0.0534 e. The Labute approximate surface area is 67.0 Å². The highest BCUT2D eigenvalue weighted by Gasteiger charge is 2.02. The van der Waals surface area contributed by atoms with Crippen molar-refractivity contribution in [1.82, 2.24) is 0 Å².